The molecular formula is C21H24ClN3O2. The van der Waals surface area contributed by atoms with Crippen LogP contribution in [0, 0.1) is 6.92 Å². The van der Waals surface area contributed by atoms with Crippen molar-refractivity contribution in [3.8, 4) is 5.75 Å². The van der Waals surface area contributed by atoms with E-state index in [1.54, 1.807) is 0 Å². The van der Waals surface area contributed by atoms with Crippen molar-refractivity contribution in [2.24, 2.45) is 0 Å². The maximum Gasteiger partial charge on any atom is 0.207 e. The number of halogens is 1. The molecule has 1 heterocycles. The summed E-state index contributed by atoms with van der Waals surface area (Å²) in [5.74, 6) is 1.89. The third kappa shape index (κ3) is 5.01. The van der Waals surface area contributed by atoms with E-state index in [1.807, 2.05) is 43.3 Å². The standard InChI is InChI=1S/C21H24ClN3O2/c1-16-14-17(9-10-18(16)22)27-13-5-12-25-20-7-3-2-6-19(20)24-21(25)8-4-11-23-15-26/h2-3,6-7,9-10,14-15H,4-5,8,11-13H2,1H3,(H,23,26). The van der Waals surface area contributed by atoms with Crippen LogP contribution < -0.4 is 10.1 Å². The SMILES string of the molecule is Cc1cc(OCCCn2c(CCCNC=O)nc3ccccc32)ccc1Cl. The number of aromatic nitrogens is 2. The topological polar surface area (TPSA) is 56.1 Å². The summed E-state index contributed by atoms with van der Waals surface area (Å²) in [6.45, 7) is 4.09. The molecule has 0 aliphatic carbocycles. The van der Waals surface area contributed by atoms with Gasteiger partial charge in [-0.15, -0.1) is 0 Å². The van der Waals surface area contributed by atoms with Gasteiger partial charge in [0.05, 0.1) is 17.6 Å². The molecule has 1 aromatic heterocycles. The predicted molar refractivity (Wildman–Crippen MR) is 108 cm³/mol. The Hall–Kier alpha value is -2.53. The smallest absolute Gasteiger partial charge is 0.207 e. The van der Waals surface area contributed by atoms with Crippen LogP contribution >= 0.6 is 11.6 Å². The molecule has 0 spiro atoms. The van der Waals surface area contributed by atoms with E-state index in [0.29, 0.717) is 13.2 Å². The minimum atomic E-state index is 0.625. The fourth-order valence-electron chi connectivity index (χ4n) is 3.09. The first-order chi connectivity index (χ1) is 13.2. The zero-order valence-electron chi connectivity index (χ0n) is 15.5. The number of carbonyl (C=O) groups is 1. The first-order valence-corrected chi connectivity index (χ1v) is 9.57. The maximum atomic E-state index is 10.4. The predicted octanol–water partition coefficient (Wildman–Crippen LogP) is 4.15. The van der Waals surface area contributed by atoms with Gasteiger partial charge in [-0.05, 0) is 55.7 Å². The molecule has 0 radical (unpaired) electrons. The highest BCUT2D eigenvalue weighted by molar-refractivity contribution is 6.31. The minimum Gasteiger partial charge on any atom is -0.494 e. The number of fused-ring (bicyclic) bond motifs is 1. The molecule has 0 fully saturated rings. The number of aryl methyl sites for hydroxylation is 3. The van der Waals surface area contributed by atoms with E-state index in [0.717, 1.165) is 65.4 Å². The van der Waals surface area contributed by atoms with Crippen molar-refractivity contribution in [2.75, 3.05) is 13.2 Å². The lowest BCUT2D eigenvalue weighted by Gasteiger charge is -2.11. The Balaban J connectivity index is 1.62. The summed E-state index contributed by atoms with van der Waals surface area (Å²) in [6.07, 6.45) is 3.30. The molecule has 3 rings (SSSR count). The Morgan fingerprint density at radius 1 is 1.22 bits per heavy atom. The van der Waals surface area contributed by atoms with E-state index in [4.69, 9.17) is 21.3 Å². The normalized spacial score (nSPS) is 10.9. The molecule has 0 saturated carbocycles. The number of amides is 1. The fraction of sp³-hybridized carbons (Fsp3) is 0.333. The quantitative estimate of drug-likeness (QED) is 0.421. The summed E-state index contributed by atoms with van der Waals surface area (Å²) in [5, 5.41) is 3.45. The van der Waals surface area contributed by atoms with Crippen molar-refractivity contribution in [3.05, 3.63) is 58.9 Å². The number of hydrogen-bond acceptors (Lipinski definition) is 3. The molecule has 27 heavy (non-hydrogen) atoms. The summed E-state index contributed by atoms with van der Waals surface area (Å²) < 4.78 is 8.12. The van der Waals surface area contributed by atoms with Crippen LogP contribution in [-0.2, 0) is 17.8 Å². The summed E-state index contributed by atoms with van der Waals surface area (Å²) >= 11 is 6.05. The van der Waals surface area contributed by atoms with E-state index in [1.165, 1.54) is 0 Å². The fourth-order valence-corrected chi connectivity index (χ4v) is 3.21. The number of para-hydroxylation sites is 2. The molecule has 5 nitrogen and oxygen atoms in total. The average Bonchev–Trinajstić information content (AvgIpc) is 3.03. The Labute approximate surface area is 164 Å². The van der Waals surface area contributed by atoms with Gasteiger partial charge in [0.2, 0.25) is 6.41 Å². The van der Waals surface area contributed by atoms with E-state index in [-0.39, 0.29) is 0 Å². The summed E-state index contributed by atoms with van der Waals surface area (Å²) in [7, 11) is 0. The van der Waals surface area contributed by atoms with Crippen LogP contribution in [0.3, 0.4) is 0 Å². The Kier molecular flexibility index (Phi) is 6.71. The van der Waals surface area contributed by atoms with Gasteiger partial charge in [0.25, 0.3) is 0 Å². The molecule has 0 unspecified atom stereocenters. The average molecular weight is 386 g/mol. The molecule has 0 atom stereocenters. The van der Waals surface area contributed by atoms with Crippen LogP contribution in [0.4, 0.5) is 0 Å². The van der Waals surface area contributed by atoms with Crippen molar-refractivity contribution in [2.45, 2.75) is 32.7 Å². The first kappa shape index (κ1) is 19.2. The number of carbonyl (C=O) groups excluding carboxylic acids is 1. The number of ether oxygens (including phenoxy) is 1. The minimum absolute atomic E-state index is 0.625. The van der Waals surface area contributed by atoms with Crippen LogP contribution in [0.2, 0.25) is 5.02 Å². The number of nitrogens with zero attached hydrogens (tertiary/aromatic N) is 2. The van der Waals surface area contributed by atoms with Gasteiger partial charge < -0.3 is 14.6 Å². The maximum absolute atomic E-state index is 10.4. The molecule has 142 valence electrons. The number of benzene rings is 2. The zero-order valence-corrected chi connectivity index (χ0v) is 16.2. The van der Waals surface area contributed by atoms with Gasteiger partial charge >= 0.3 is 0 Å². The van der Waals surface area contributed by atoms with Crippen LogP contribution in [0.25, 0.3) is 11.0 Å². The highest BCUT2D eigenvalue weighted by Crippen LogP contribution is 2.21. The lowest BCUT2D eigenvalue weighted by atomic mass is 10.2. The molecule has 1 N–H and O–H groups in total. The van der Waals surface area contributed by atoms with Crippen molar-refractivity contribution >= 4 is 29.0 Å². The molecule has 0 bridgehead atoms. The van der Waals surface area contributed by atoms with E-state index in [9.17, 15) is 4.79 Å². The van der Waals surface area contributed by atoms with Gasteiger partial charge in [-0.2, -0.15) is 0 Å². The molecule has 0 saturated heterocycles. The lowest BCUT2D eigenvalue weighted by molar-refractivity contribution is -0.109. The van der Waals surface area contributed by atoms with Crippen LogP contribution in [0.15, 0.2) is 42.5 Å². The third-order valence-corrected chi connectivity index (χ3v) is 4.89. The highest BCUT2D eigenvalue weighted by atomic mass is 35.5. The molecular weight excluding hydrogens is 362 g/mol. The lowest BCUT2D eigenvalue weighted by Crippen LogP contribution is -2.14. The van der Waals surface area contributed by atoms with Gasteiger partial charge in [0.15, 0.2) is 0 Å². The van der Waals surface area contributed by atoms with Gasteiger partial charge in [-0.1, -0.05) is 23.7 Å². The second-order valence-corrected chi connectivity index (χ2v) is 6.86. The first-order valence-electron chi connectivity index (χ1n) is 9.19. The number of hydrogen-bond donors (Lipinski definition) is 1. The number of rotatable bonds is 10. The summed E-state index contributed by atoms with van der Waals surface area (Å²) in [4.78, 5) is 15.2. The Bertz CT molecular complexity index is 908. The van der Waals surface area contributed by atoms with Gasteiger partial charge in [0, 0.05) is 24.5 Å². The molecule has 6 heteroatoms. The van der Waals surface area contributed by atoms with Crippen molar-refractivity contribution < 1.29 is 9.53 Å². The van der Waals surface area contributed by atoms with Crippen molar-refractivity contribution in [3.63, 3.8) is 0 Å². The second kappa shape index (κ2) is 9.42. The monoisotopic (exact) mass is 385 g/mol. The van der Waals surface area contributed by atoms with E-state index < -0.39 is 0 Å². The highest BCUT2D eigenvalue weighted by Gasteiger charge is 2.10. The van der Waals surface area contributed by atoms with Crippen molar-refractivity contribution in [1.82, 2.24) is 14.9 Å². The van der Waals surface area contributed by atoms with E-state index in [2.05, 4.69) is 16.0 Å². The Morgan fingerprint density at radius 3 is 2.89 bits per heavy atom. The van der Waals surface area contributed by atoms with E-state index >= 15 is 0 Å². The Morgan fingerprint density at radius 2 is 2.07 bits per heavy atom. The molecule has 2 aromatic carbocycles. The van der Waals surface area contributed by atoms with Gasteiger partial charge in [-0.3, -0.25) is 4.79 Å². The summed E-state index contributed by atoms with van der Waals surface area (Å²) in [5.41, 5.74) is 3.16. The summed E-state index contributed by atoms with van der Waals surface area (Å²) in [6, 6.07) is 13.9. The molecule has 0 aliphatic rings. The van der Waals surface area contributed by atoms with Gasteiger partial charge in [0.1, 0.15) is 11.6 Å². The van der Waals surface area contributed by atoms with Crippen molar-refractivity contribution in [1.29, 1.82) is 0 Å². The molecule has 1 amide bonds. The van der Waals surface area contributed by atoms with Gasteiger partial charge in [-0.25, -0.2) is 4.98 Å². The van der Waals surface area contributed by atoms with Crippen LogP contribution in [-0.4, -0.2) is 29.1 Å². The van der Waals surface area contributed by atoms with Crippen LogP contribution in [0.1, 0.15) is 24.2 Å². The van der Waals surface area contributed by atoms with Crippen LogP contribution in [0.5, 0.6) is 5.75 Å². The number of imidazole rings is 1. The molecule has 3 aromatic rings. The zero-order chi connectivity index (χ0) is 19.1. The number of nitrogens with one attached hydrogen (secondary N) is 1. The molecule has 0 aliphatic heterocycles. The second-order valence-electron chi connectivity index (χ2n) is 6.46. The third-order valence-electron chi connectivity index (χ3n) is 4.46. The largest absolute Gasteiger partial charge is 0.494 e.